The maximum atomic E-state index is 13.3. The zero-order chi connectivity index (χ0) is 14.8. The summed E-state index contributed by atoms with van der Waals surface area (Å²) < 4.78 is 18.6. The van der Waals surface area contributed by atoms with Crippen molar-refractivity contribution in [1.29, 1.82) is 0 Å². The van der Waals surface area contributed by atoms with Gasteiger partial charge in [0, 0.05) is 18.0 Å². The predicted molar refractivity (Wildman–Crippen MR) is 74.1 cm³/mol. The lowest BCUT2D eigenvalue weighted by molar-refractivity contribution is -0.0755. The van der Waals surface area contributed by atoms with Crippen molar-refractivity contribution >= 4 is 0 Å². The van der Waals surface area contributed by atoms with E-state index < -0.39 is 11.9 Å². The Hall–Kier alpha value is -1.17. The summed E-state index contributed by atoms with van der Waals surface area (Å²) in [5, 5.41) is 22.7. The van der Waals surface area contributed by atoms with Crippen LogP contribution in [0.1, 0.15) is 20.3 Å². The lowest BCUT2D eigenvalue weighted by Crippen LogP contribution is -2.61. The number of aliphatic hydroxyl groups is 2. The second kappa shape index (κ2) is 6.08. The van der Waals surface area contributed by atoms with E-state index in [9.17, 15) is 14.6 Å². The quantitative estimate of drug-likeness (QED) is 0.737. The summed E-state index contributed by atoms with van der Waals surface area (Å²) in [4.78, 5) is 0. The molecule has 0 bridgehead atoms. The van der Waals surface area contributed by atoms with Crippen molar-refractivity contribution in [3.63, 3.8) is 0 Å². The highest BCUT2D eigenvalue weighted by Gasteiger charge is 2.46. The largest absolute Gasteiger partial charge is 0.488 e. The third kappa shape index (κ3) is 3.29. The van der Waals surface area contributed by atoms with E-state index in [0.29, 0.717) is 13.0 Å². The Kier molecular flexibility index (Phi) is 4.62. The molecule has 2 rings (SSSR count). The smallest absolute Gasteiger partial charge is 0.165 e. The van der Waals surface area contributed by atoms with Crippen LogP contribution in [0, 0.1) is 11.2 Å². The van der Waals surface area contributed by atoms with Crippen LogP contribution in [0.25, 0.3) is 0 Å². The molecule has 3 unspecified atom stereocenters. The zero-order valence-corrected chi connectivity index (χ0v) is 11.8. The second-order valence-corrected chi connectivity index (χ2v) is 5.93. The van der Waals surface area contributed by atoms with Crippen molar-refractivity contribution in [2.24, 2.45) is 5.41 Å². The van der Waals surface area contributed by atoms with E-state index >= 15 is 0 Å². The number of para-hydroxylation sites is 1. The summed E-state index contributed by atoms with van der Waals surface area (Å²) in [6.07, 6.45) is -0.330. The third-order valence-corrected chi connectivity index (χ3v) is 4.08. The number of ether oxygens (including phenoxy) is 1. The molecule has 0 aliphatic heterocycles. The fourth-order valence-corrected chi connectivity index (χ4v) is 2.33. The van der Waals surface area contributed by atoms with E-state index in [2.05, 4.69) is 5.32 Å². The molecule has 20 heavy (non-hydrogen) atoms. The van der Waals surface area contributed by atoms with Gasteiger partial charge in [0.25, 0.3) is 0 Å². The van der Waals surface area contributed by atoms with Crippen LogP contribution in [-0.2, 0) is 0 Å². The van der Waals surface area contributed by atoms with Gasteiger partial charge in [0.05, 0.1) is 6.10 Å². The maximum absolute atomic E-state index is 13.3. The Morgan fingerprint density at radius 1 is 1.45 bits per heavy atom. The molecule has 0 radical (unpaired) electrons. The monoisotopic (exact) mass is 283 g/mol. The van der Waals surface area contributed by atoms with E-state index in [-0.39, 0.29) is 29.9 Å². The van der Waals surface area contributed by atoms with Gasteiger partial charge in [-0.2, -0.15) is 0 Å². The van der Waals surface area contributed by atoms with Crippen molar-refractivity contribution in [1.82, 2.24) is 5.32 Å². The van der Waals surface area contributed by atoms with Crippen molar-refractivity contribution in [2.45, 2.75) is 38.5 Å². The number of hydrogen-bond donors (Lipinski definition) is 3. The van der Waals surface area contributed by atoms with Crippen molar-refractivity contribution in [3.05, 3.63) is 30.1 Å². The molecule has 1 aliphatic carbocycles. The van der Waals surface area contributed by atoms with Crippen LogP contribution in [0.15, 0.2) is 24.3 Å². The van der Waals surface area contributed by atoms with Crippen molar-refractivity contribution in [3.8, 4) is 5.75 Å². The molecule has 3 N–H and O–H groups in total. The molecule has 1 saturated carbocycles. The minimum Gasteiger partial charge on any atom is -0.488 e. The van der Waals surface area contributed by atoms with Gasteiger partial charge in [-0.05, 0) is 18.6 Å². The van der Waals surface area contributed by atoms with Gasteiger partial charge >= 0.3 is 0 Å². The first kappa shape index (κ1) is 15.2. The van der Waals surface area contributed by atoms with Crippen LogP contribution < -0.4 is 10.1 Å². The highest BCUT2D eigenvalue weighted by Crippen LogP contribution is 2.40. The van der Waals surface area contributed by atoms with Crippen LogP contribution in [-0.4, -0.2) is 41.6 Å². The molecule has 0 heterocycles. The summed E-state index contributed by atoms with van der Waals surface area (Å²) in [5.41, 5.74) is -0.174. The second-order valence-electron chi connectivity index (χ2n) is 5.93. The van der Waals surface area contributed by atoms with Crippen LogP contribution in [0.4, 0.5) is 4.39 Å². The summed E-state index contributed by atoms with van der Waals surface area (Å²) in [7, 11) is 0. The van der Waals surface area contributed by atoms with E-state index in [1.54, 1.807) is 12.1 Å². The minimum absolute atomic E-state index is 0.0314. The molecule has 112 valence electrons. The fourth-order valence-electron chi connectivity index (χ4n) is 2.33. The number of hydrogen-bond acceptors (Lipinski definition) is 4. The molecule has 0 amide bonds. The van der Waals surface area contributed by atoms with Gasteiger partial charge in [0.2, 0.25) is 0 Å². The molecule has 0 aromatic heterocycles. The average Bonchev–Trinajstić information content (AvgIpc) is 2.42. The lowest BCUT2D eigenvalue weighted by Gasteiger charge is -2.49. The number of rotatable bonds is 6. The molecule has 1 aliphatic rings. The van der Waals surface area contributed by atoms with Gasteiger partial charge in [0.1, 0.15) is 12.7 Å². The van der Waals surface area contributed by atoms with Gasteiger partial charge in [-0.15, -0.1) is 0 Å². The predicted octanol–water partition coefficient (Wildman–Crippen LogP) is 1.31. The van der Waals surface area contributed by atoms with Gasteiger partial charge in [0.15, 0.2) is 11.6 Å². The molecular formula is C15H22FNO3. The Bertz CT molecular complexity index is 452. The molecular weight excluding hydrogens is 261 g/mol. The molecule has 0 saturated heterocycles. The van der Waals surface area contributed by atoms with E-state index in [4.69, 9.17) is 4.74 Å². The number of nitrogens with one attached hydrogen (secondary N) is 1. The van der Waals surface area contributed by atoms with Gasteiger partial charge < -0.3 is 20.3 Å². The Morgan fingerprint density at radius 2 is 2.15 bits per heavy atom. The molecule has 3 atom stereocenters. The Balaban J connectivity index is 1.71. The van der Waals surface area contributed by atoms with Crippen LogP contribution >= 0.6 is 0 Å². The highest BCUT2D eigenvalue weighted by molar-refractivity contribution is 5.23. The first-order valence-corrected chi connectivity index (χ1v) is 6.88. The normalized spacial score (nSPS) is 25.9. The van der Waals surface area contributed by atoms with Crippen LogP contribution in [0.5, 0.6) is 5.75 Å². The van der Waals surface area contributed by atoms with Crippen molar-refractivity contribution in [2.75, 3.05) is 13.2 Å². The van der Waals surface area contributed by atoms with Gasteiger partial charge in [-0.3, -0.25) is 0 Å². The van der Waals surface area contributed by atoms with Crippen LogP contribution in [0.2, 0.25) is 0 Å². The van der Waals surface area contributed by atoms with Gasteiger partial charge in [-0.1, -0.05) is 26.0 Å². The van der Waals surface area contributed by atoms with Crippen LogP contribution in [0.3, 0.4) is 0 Å². The van der Waals surface area contributed by atoms with Gasteiger partial charge in [-0.25, -0.2) is 4.39 Å². The van der Waals surface area contributed by atoms with E-state index in [1.807, 2.05) is 13.8 Å². The number of aliphatic hydroxyl groups excluding tert-OH is 2. The van der Waals surface area contributed by atoms with E-state index in [0.717, 1.165) is 0 Å². The molecule has 1 aromatic carbocycles. The molecule has 0 spiro atoms. The molecule has 4 nitrogen and oxygen atoms in total. The first-order valence-electron chi connectivity index (χ1n) is 6.88. The Labute approximate surface area is 118 Å². The third-order valence-electron chi connectivity index (χ3n) is 4.08. The average molecular weight is 283 g/mol. The minimum atomic E-state index is -0.719. The summed E-state index contributed by atoms with van der Waals surface area (Å²) >= 11 is 0. The summed E-state index contributed by atoms with van der Waals surface area (Å²) in [6, 6.07) is 6.30. The number of halogens is 1. The lowest BCUT2D eigenvalue weighted by atomic mass is 9.64. The SMILES string of the molecule is CC1(C)C(O)CC1NCC(O)COc1ccccc1F. The molecule has 1 fully saturated rings. The highest BCUT2D eigenvalue weighted by atomic mass is 19.1. The summed E-state index contributed by atoms with van der Waals surface area (Å²) in [5.74, 6) is -0.290. The topological polar surface area (TPSA) is 61.7 Å². The maximum Gasteiger partial charge on any atom is 0.165 e. The van der Waals surface area contributed by atoms with Crippen molar-refractivity contribution < 1.29 is 19.3 Å². The first-order chi connectivity index (χ1) is 9.41. The molecule has 1 aromatic rings. The fraction of sp³-hybridized carbons (Fsp3) is 0.600. The van der Waals surface area contributed by atoms with E-state index in [1.165, 1.54) is 12.1 Å². The Morgan fingerprint density at radius 3 is 2.75 bits per heavy atom. The molecule has 5 heteroatoms. The summed E-state index contributed by atoms with van der Waals surface area (Å²) in [6.45, 7) is 4.36. The number of benzene rings is 1. The standard InChI is InChI=1S/C15H22FNO3/c1-15(2)13(7-14(15)19)17-8-10(18)9-20-12-6-4-3-5-11(12)16/h3-6,10,13-14,17-19H,7-9H2,1-2H3. The zero-order valence-electron chi connectivity index (χ0n) is 11.8.